The fraction of sp³-hybridized carbons (Fsp3) is 0.333. The number of hydrogen-bond donors (Lipinski definition) is 0. The summed E-state index contributed by atoms with van der Waals surface area (Å²) < 4.78 is 0. The fourth-order valence-electron chi connectivity index (χ4n) is 0.982. The van der Waals surface area contributed by atoms with E-state index >= 15 is 0 Å². The second-order valence-electron chi connectivity index (χ2n) is 2.65. The van der Waals surface area contributed by atoms with Crippen LogP contribution in [0.2, 0.25) is 0 Å². The normalized spacial score (nSPS) is 21.0. The van der Waals surface area contributed by atoms with Gasteiger partial charge in [-0.2, -0.15) is 0 Å². The van der Waals surface area contributed by atoms with E-state index in [4.69, 9.17) is 6.42 Å². The van der Waals surface area contributed by atoms with Crippen molar-refractivity contribution in [1.82, 2.24) is 0 Å². The first-order valence-corrected chi connectivity index (χ1v) is 3.25. The zero-order valence-corrected chi connectivity index (χ0v) is 5.28. The van der Waals surface area contributed by atoms with E-state index < -0.39 is 0 Å². The lowest BCUT2D eigenvalue weighted by molar-refractivity contribution is 1.20. The van der Waals surface area contributed by atoms with E-state index in [1.54, 1.807) is 5.57 Å². The van der Waals surface area contributed by atoms with E-state index in [9.17, 15) is 0 Å². The van der Waals surface area contributed by atoms with Crippen molar-refractivity contribution >= 4 is 0 Å². The number of allylic oxidation sites excluding steroid dienone is 4. The second kappa shape index (κ2) is 1.51. The first kappa shape index (κ1) is 4.88. The third-order valence-corrected chi connectivity index (χ3v) is 1.80. The lowest BCUT2D eigenvalue weighted by Gasteiger charge is -1.78. The van der Waals surface area contributed by atoms with Crippen molar-refractivity contribution in [3.8, 4) is 12.3 Å². The molecule has 2 aliphatic rings. The average molecular weight is 116 g/mol. The third kappa shape index (κ3) is 0.907. The molecule has 0 bridgehead atoms. The Bertz CT molecular complexity index is 246. The minimum atomic E-state index is 1.12. The zero-order chi connectivity index (χ0) is 6.27. The number of rotatable bonds is 2. The summed E-state index contributed by atoms with van der Waals surface area (Å²) in [6, 6.07) is 0. The van der Waals surface area contributed by atoms with Gasteiger partial charge in [-0.15, -0.1) is 6.42 Å². The number of hydrogen-bond acceptors (Lipinski definition) is 0. The third-order valence-electron chi connectivity index (χ3n) is 1.80. The van der Waals surface area contributed by atoms with Gasteiger partial charge >= 0.3 is 0 Å². The molecule has 0 aliphatic heterocycles. The van der Waals surface area contributed by atoms with Gasteiger partial charge in [0.05, 0.1) is 0 Å². The number of terminal acetylenes is 1. The van der Waals surface area contributed by atoms with Gasteiger partial charge in [0.2, 0.25) is 0 Å². The van der Waals surface area contributed by atoms with Gasteiger partial charge in [0.25, 0.3) is 0 Å². The topological polar surface area (TPSA) is 0 Å². The highest BCUT2D eigenvalue weighted by atomic mass is 14.3. The molecule has 0 spiro atoms. The van der Waals surface area contributed by atoms with Crippen molar-refractivity contribution in [2.75, 3.05) is 0 Å². The predicted octanol–water partition coefficient (Wildman–Crippen LogP) is 2.04. The van der Waals surface area contributed by atoms with Crippen molar-refractivity contribution in [2.45, 2.75) is 19.3 Å². The van der Waals surface area contributed by atoms with Gasteiger partial charge in [0.15, 0.2) is 0 Å². The van der Waals surface area contributed by atoms with Gasteiger partial charge in [-0.1, -0.05) is 17.6 Å². The molecule has 0 amide bonds. The Hall–Kier alpha value is -0.960. The molecule has 0 saturated carbocycles. The Balaban J connectivity index is 1.96. The van der Waals surface area contributed by atoms with Crippen LogP contribution in [0.5, 0.6) is 0 Å². The lowest BCUT2D eigenvalue weighted by Crippen LogP contribution is -1.60. The SMILES string of the molecule is C#CC1=C(CC2=CC2)C1. The van der Waals surface area contributed by atoms with Crippen molar-refractivity contribution in [1.29, 1.82) is 0 Å². The Morgan fingerprint density at radius 1 is 1.67 bits per heavy atom. The fourth-order valence-corrected chi connectivity index (χ4v) is 0.982. The average Bonchev–Trinajstić information content (AvgIpc) is 2.66. The van der Waals surface area contributed by atoms with Gasteiger partial charge in [-0.25, -0.2) is 0 Å². The molecule has 0 heterocycles. The van der Waals surface area contributed by atoms with Crippen LogP contribution in [0.4, 0.5) is 0 Å². The highest BCUT2D eigenvalue weighted by Crippen LogP contribution is 2.39. The van der Waals surface area contributed by atoms with Crippen molar-refractivity contribution in [3.63, 3.8) is 0 Å². The van der Waals surface area contributed by atoms with Crippen LogP contribution in [0.1, 0.15) is 19.3 Å². The Kier molecular flexibility index (Phi) is 0.818. The molecule has 2 aliphatic carbocycles. The molecule has 0 N–H and O–H groups in total. The van der Waals surface area contributed by atoms with Crippen LogP contribution in [0.3, 0.4) is 0 Å². The molecular formula is C9H8. The van der Waals surface area contributed by atoms with Crippen molar-refractivity contribution in [3.05, 3.63) is 22.8 Å². The molecule has 2 rings (SSSR count). The maximum absolute atomic E-state index is 5.19. The summed E-state index contributed by atoms with van der Waals surface area (Å²) in [6.07, 6.45) is 11.0. The second-order valence-corrected chi connectivity index (χ2v) is 2.65. The summed E-state index contributed by atoms with van der Waals surface area (Å²) in [5.41, 5.74) is 4.33. The van der Waals surface area contributed by atoms with Gasteiger partial charge in [0.1, 0.15) is 0 Å². The van der Waals surface area contributed by atoms with Crippen molar-refractivity contribution in [2.24, 2.45) is 0 Å². The summed E-state index contributed by atoms with van der Waals surface area (Å²) in [6.45, 7) is 0. The monoisotopic (exact) mass is 116 g/mol. The minimum absolute atomic E-state index is 1.12. The highest BCUT2D eigenvalue weighted by molar-refractivity contribution is 5.50. The van der Waals surface area contributed by atoms with E-state index in [-0.39, 0.29) is 0 Å². The minimum Gasteiger partial charge on any atom is -0.115 e. The van der Waals surface area contributed by atoms with E-state index in [2.05, 4.69) is 12.0 Å². The lowest BCUT2D eigenvalue weighted by atomic mass is 10.3. The largest absolute Gasteiger partial charge is 0.115 e. The van der Waals surface area contributed by atoms with Crippen LogP contribution in [-0.2, 0) is 0 Å². The van der Waals surface area contributed by atoms with Crippen LogP contribution in [0.25, 0.3) is 0 Å². The molecule has 44 valence electrons. The predicted molar refractivity (Wildman–Crippen MR) is 37.8 cm³/mol. The molecule has 0 unspecified atom stereocenters. The molecule has 0 aromatic heterocycles. The van der Waals surface area contributed by atoms with E-state index in [0.29, 0.717) is 0 Å². The van der Waals surface area contributed by atoms with Crippen LogP contribution in [0.15, 0.2) is 22.8 Å². The maximum Gasteiger partial charge on any atom is 0.00574 e. The van der Waals surface area contributed by atoms with Crippen LogP contribution in [-0.4, -0.2) is 0 Å². The quantitative estimate of drug-likeness (QED) is 0.382. The summed E-state index contributed by atoms with van der Waals surface area (Å²) >= 11 is 0. The maximum atomic E-state index is 5.19. The van der Waals surface area contributed by atoms with Gasteiger partial charge in [-0.05, 0) is 18.4 Å². The summed E-state index contributed by atoms with van der Waals surface area (Å²) in [5, 5.41) is 0. The summed E-state index contributed by atoms with van der Waals surface area (Å²) in [4.78, 5) is 0. The molecule has 0 aromatic rings. The van der Waals surface area contributed by atoms with Gasteiger partial charge < -0.3 is 0 Å². The Morgan fingerprint density at radius 3 is 2.89 bits per heavy atom. The van der Waals surface area contributed by atoms with Crippen molar-refractivity contribution < 1.29 is 0 Å². The molecule has 9 heavy (non-hydrogen) atoms. The molecule has 0 fully saturated rings. The van der Waals surface area contributed by atoms with E-state index in [1.807, 2.05) is 0 Å². The van der Waals surface area contributed by atoms with Gasteiger partial charge in [0, 0.05) is 12.0 Å². The molecular weight excluding hydrogens is 108 g/mol. The van der Waals surface area contributed by atoms with E-state index in [1.165, 1.54) is 24.0 Å². The first-order valence-electron chi connectivity index (χ1n) is 3.25. The Morgan fingerprint density at radius 2 is 2.44 bits per heavy atom. The molecule has 0 heteroatoms. The van der Waals surface area contributed by atoms with Crippen LogP contribution in [0, 0.1) is 12.3 Å². The standard InChI is InChI=1S/C9H8/c1-2-8-6-9(8)5-7-3-4-7/h1,3H,4-6H2. The molecule has 0 saturated heterocycles. The van der Waals surface area contributed by atoms with Crippen LogP contribution < -0.4 is 0 Å². The zero-order valence-electron chi connectivity index (χ0n) is 5.28. The Labute approximate surface area is 55.3 Å². The smallest absolute Gasteiger partial charge is 0.00574 e. The van der Waals surface area contributed by atoms with Crippen LogP contribution >= 0.6 is 0 Å². The molecule has 0 aromatic carbocycles. The highest BCUT2D eigenvalue weighted by Gasteiger charge is 2.22. The summed E-state index contributed by atoms with van der Waals surface area (Å²) in [5.74, 6) is 2.67. The summed E-state index contributed by atoms with van der Waals surface area (Å²) in [7, 11) is 0. The van der Waals surface area contributed by atoms with Gasteiger partial charge in [-0.3, -0.25) is 0 Å². The van der Waals surface area contributed by atoms with E-state index in [0.717, 1.165) is 6.42 Å². The molecule has 0 nitrogen and oxygen atoms in total. The molecule has 0 radical (unpaired) electrons. The molecule has 0 atom stereocenters. The first-order chi connectivity index (χ1) is 4.40.